The molecule has 1 aromatic carbocycles. The fourth-order valence-electron chi connectivity index (χ4n) is 1.32. The maximum absolute atomic E-state index is 11.9. The Labute approximate surface area is 115 Å². The number of carboxylic acid groups (broad SMARTS) is 1. The molecule has 19 heavy (non-hydrogen) atoms. The lowest BCUT2D eigenvalue weighted by atomic mass is 10.2. The summed E-state index contributed by atoms with van der Waals surface area (Å²) in [6, 6.07) is 4.16. The Hall–Kier alpha value is -1.62. The number of carbonyl (C=O) groups is 1. The first-order valence-electron chi connectivity index (χ1n) is 5.26. The van der Waals surface area contributed by atoms with Crippen molar-refractivity contribution in [2.24, 2.45) is 0 Å². The van der Waals surface area contributed by atoms with Gasteiger partial charge in [-0.1, -0.05) is 18.5 Å². The van der Waals surface area contributed by atoms with Crippen molar-refractivity contribution in [1.82, 2.24) is 4.72 Å². The predicted octanol–water partition coefficient (Wildman–Crippen LogP) is 1.35. The van der Waals surface area contributed by atoms with Crippen LogP contribution in [0.15, 0.2) is 23.1 Å². The number of nitrogens with one attached hydrogen (secondary N) is 1. The van der Waals surface area contributed by atoms with Gasteiger partial charge in [0, 0.05) is 0 Å². The fraction of sp³-hybridized carbons (Fsp3) is 0.273. The van der Waals surface area contributed by atoms with Gasteiger partial charge in [0.2, 0.25) is 10.0 Å². The molecule has 0 fully saturated rings. The molecule has 1 atom stereocenters. The summed E-state index contributed by atoms with van der Waals surface area (Å²) in [5.74, 6) is -1.26. The molecular formula is C11H11ClN2O4S. The van der Waals surface area contributed by atoms with Crippen LogP contribution in [0.1, 0.15) is 18.9 Å². The molecule has 0 heterocycles. The summed E-state index contributed by atoms with van der Waals surface area (Å²) >= 11 is 5.74. The highest BCUT2D eigenvalue weighted by molar-refractivity contribution is 7.89. The minimum absolute atomic E-state index is 0.00579. The van der Waals surface area contributed by atoms with Crippen molar-refractivity contribution in [1.29, 1.82) is 5.26 Å². The van der Waals surface area contributed by atoms with E-state index in [9.17, 15) is 13.2 Å². The summed E-state index contributed by atoms with van der Waals surface area (Å²) in [5.41, 5.74) is 0.144. The van der Waals surface area contributed by atoms with E-state index in [0.29, 0.717) is 0 Å². The molecule has 1 aromatic rings. The molecular weight excluding hydrogens is 292 g/mol. The first-order chi connectivity index (χ1) is 8.81. The van der Waals surface area contributed by atoms with Gasteiger partial charge in [0.1, 0.15) is 12.1 Å². The Bertz CT molecular complexity index is 637. The van der Waals surface area contributed by atoms with Crippen LogP contribution in [-0.4, -0.2) is 25.5 Å². The van der Waals surface area contributed by atoms with E-state index in [-0.39, 0.29) is 21.9 Å². The molecule has 0 spiro atoms. The van der Waals surface area contributed by atoms with Crippen molar-refractivity contribution in [3.05, 3.63) is 28.8 Å². The summed E-state index contributed by atoms with van der Waals surface area (Å²) in [5, 5.41) is 17.5. The van der Waals surface area contributed by atoms with E-state index in [0.717, 1.165) is 6.07 Å². The smallest absolute Gasteiger partial charge is 0.321 e. The third-order valence-electron chi connectivity index (χ3n) is 2.38. The molecule has 0 saturated carbocycles. The molecule has 0 amide bonds. The standard InChI is InChI=1S/C11H11ClN2O4S/c1-2-10(11(15)16)14-19(17,18)8-4-3-7(6-13)9(12)5-8/h3-5,10,14H,2H2,1H3,(H,15,16)/t10-/m1/s1. The molecule has 0 saturated heterocycles. The minimum Gasteiger partial charge on any atom is -0.480 e. The normalized spacial score (nSPS) is 12.7. The topological polar surface area (TPSA) is 107 Å². The summed E-state index contributed by atoms with van der Waals surface area (Å²) in [6.07, 6.45) is 0.110. The first kappa shape index (κ1) is 15.4. The Balaban J connectivity index is 3.11. The van der Waals surface area contributed by atoms with Crippen molar-refractivity contribution in [3.8, 4) is 6.07 Å². The van der Waals surface area contributed by atoms with Gasteiger partial charge in [0.25, 0.3) is 0 Å². The third kappa shape index (κ3) is 3.67. The van der Waals surface area contributed by atoms with Crippen molar-refractivity contribution in [2.75, 3.05) is 0 Å². The average Bonchev–Trinajstić information content (AvgIpc) is 2.35. The number of sulfonamides is 1. The molecule has 0 aromatic heterocycles. The summed E-state index contributed by atoms with van der Waals surface area (Å²) < 4.78 is 25.9. The van der Waals surface area contributed by atoms with E-state index >= 15 is 0 Å². The van der Waals surface area contributed by atoms with Gasteiger partial charge in [0.05, 0.1) is 15.5 Å². The van der Waals surface area contributed by atoms with Gasteiger partial charge in [-0.25, -0.2) is 8.42 Å². The quantitative estimate of drug-likeness (QED) is 0.853. The monoisotopic (exact) mass is 302 g/mol. The van der Waals surface area contributed by atoms with Crippen molar-refractivity contribution < 1.29 is 18.3 Å². The van der Waals surface area contributed by atoms with Gasteiger partial charge in [-0.2, -0.15) is 9.98 Å². The summed E-state index contributed by atoms with van der Waals surface area (Å²) in [7, 11) is -3.99. The van der Waals surface area contributed by atoms with E-state index in [1.807, 2.05) is 0 Å². The number of halogens is 1. The van der Waals surface area contributed by atoms with Crippen LogP contribution in [0.5, 0.6) is 0 Å². The molecule has 1 rings (SSSR count). The third-order valence-corrected chi connectivity index (χ3v) is 4.16. The van der Waals surface area contributed by atoms with Gasteiger partial charge < -0.3 is 5.11 Å². The van der Waals surface area contributed by atoms with Crippen LogP contribution >= 0.6 is 11.6 Å². The minimum atomic E-state index is -3.99. The van der Waals surface area contributed by atoms with Crippen LogP contribution in [0.4, 0.5) is 0 Å². The number of hydrogen-bond donors (Lipinski definition) is 2. The van der Waals surface area contributed by atoms with Crippen molar-refractivity contribution >= 4 is 27.6 Å². The van der Waals surface area contributed by atoms with E-state index in [1.54, 1.807) is 13.0 Å². The number of nitrogens with zero attached hydrogens (tertiary/aromatic N) is 1. The largest absolute Gasteiger partial charge is 0.480 e. The van der Waals surface area contributed by atoms with E-state index in [2.05, 4.69) is 4.72 Å². The molecule has 0 aliphatic carbocycles. The molecule has 0 unspecified atom stereocenters. The summed E-state index contributed by atoms with van der Waals surface area (Å²) in [4.78, 5) is 10.6. The van der Waals surface area contributed by atoms with E-state index in [1.165, 1.54) is 12.1 Å². The molecule has 0 aliphatic rings. The van der Waals surface area contributed by atoms with Gasteiger partial charge in [-0.15, -0.1) is 0 Å². The Morgan fingerprint density at radius 2 is 2.21 bits per heavy atom. The highest BCUT2D eigenvalue weighted by atomic mass is 35.5. The van der Waals surface area contributed by atoms with E-state index in [4.69, 9.17) is 22.0 Å². The Kier molecular flexibility index (Phi) is 4.89. The second-order valence-electron chi connectivity index (χ2n) is 3.67. The number of rotatable bonds is 5. The van der Waals surface area contributed by atoms with Crippen LogP contribution in [0.3, 0.4) is 0 Å². The molecule has 0 bridgehead atoms. The Morgan fingerprint density at radius 3 is 2.63 bits per heavy atom. The van der Waals surface area contributed by atoms with Crippen LogP contribution in [0.2, 0.25) is 5.02 Å². The lowest BCUT2D eigenvalue weighted by molar-refractivity contribution is -0.139. The van der Waals surface area contributed by atoms with Crippen molar-refractivity contribution in [2.45, 2.75) is 24.3 Å². The molecule has 8 heteroatoms. The van der Waals surface area contributed by atoms with Gasteiger partial charge in [-0.05, 0) is 24.6 Å². The number of hydrogen-bond acceptors (Lipinski definition) is 4. The Morgan fingerprint density at radius 1 is 1.58 bits per heavy atom. The average molecular weight is 303 g/mol. The lowest BCUT2D eigenvalue weighted by Crippen LogP contribution is -2.40. The van der Waals surface area contributed by atoms with Gasteiger partial charge in [-0.3, -0.25) is 4.79 Å². The zero-order chi connectivity index (χ0) is 14.6. The second-order valence-corrected chi connectivity index (χ2v) is 5.79. The lowest BCUT2D eigenvalue weighted by Gasteiger charge is -2.13. The zero-order valence-electron chi connectivity index (χ0n) is 9.92. The molecule has 6 nitrogen and oxygen atoms in total. The first-order valence-corrected chi connectivity index (χ1v) is 7.12. The molecule has 0 radical (unpaired) electrons. The molecule has 2 N–H and O–H groups in total. The van der Waals surface area contributed by atoms with Crippen LogP contribution in [0, 0.1) is 11.3 Å². The maximum Gasteiger partial charge on any atom is 0.321 e. The predicted molar refractivity (Wildman–Crippen MR) is 68.2 cm³/mol. The number of benzene rings is 1. The maximum atomic E-state index is 11.9. The highest BCUT2D eigenvalue weighted by Gasteiger charge is 2.24. The fourth-order valence-corrected chi connectivity index (χ4v) is 2.90. The zero-order valence-corrected chi connectivity index (χ0v) is 11.5. The number of carboxylic acids is 1. The van der Waals surface area contributed by atoms with E-state index < -0.39 is 22.0 Å². The SMILES string of the molecule is CC[C@@H](NS(=O)(=O)c1ccc(C#N)c(Cl)c1)C(=O)O. The summed E-state index contributed by atoms with van der Waals surface area (Å²) in [6.45, 7) is 1.55. The highest BCUT2D eigenvalue weighted by Crippen LogP contribution is 2.20. The molecule has 0 aliphatic heterocycles. The number of nitriles is 1. The van der Waals surface area contributed by atoms with Gasteiger partial charge in [0.15, 0.2) is 0 Å². The molecule has 102 valence electrons. The second kappa shape index (κ2) is 6.02. The van der Waals surface area contributed by atoms with Crippen LogP contribution in [0.25, 0.3) is 0 Å². The van der Waals surface area contributed by atoms with Crippen molar-refractivity contribution in [3.63, 3.8) is 0 Å². The van der Waals surface area contributed by atoms with Crippen LogP contribution < -0.4 is 4.72 Å². The van der Waals surface area contributed by atoms with Crippen LogP contribution in [-0.2, 0) is 14.8 Å². The van der Waals surface area contributed by atoms with Gasteiger partial charge >= 0.3 is 5.97 Å². The number of aliphatic carboxylic acids is 1.